The van der Waals surface area contributed by atoms with E-state index in [1.165, 1.54) is 21.4 Å². The zero-order valence-corrected chi connectivity index (χ0v) is 19.9. The fourth-order valence-corrected chi connectivity index (χ4v) is 5.44. The Balaban J connectivity index is 1.55. The predicted octanol–water partition coefficient (Wildman–Crippen LogP) is 2.07. The summed E-state index contributed by atoms with van der Waals surface area (Å²) in [6, 6.07) is 11.7. The molecule has 2 N–H and O–H groups in total. The Morgan fingerprint density at radius 1 is 1.15 bits per heavy atom. The molecule has 0 saturated carbocycles. The van der Waals surface area contributed by atoms with Gasteiger partial charge in [-0.05, 0) is 57.0 Å². The van der Waals surface area contributed by atoms with Gasteiger partial charge in [-0.3, -0.25) is 20.0 Å². The van der Waals surface area contributed by atoms with Gasteiger partial charge in [-0.2, -0.15) is 4.31 Å². The number of aryl methyl sites for hydroxylation is 1. The predicted molar refractivity (Wildman–Crippen MR) is 128 cm³/mol. The zero-order valence-electron chi connectivity index (χ0n) is 19.1. The largest absolute Gasteiger partial charge is 0.492 e. The van der Waals surface area contributed by atoms with E-state index in [0.717, 1.165) is 18.4 Å². The van der Waals surface area contributed by atoms with E-state index >= 15 is 0 Å². The molecule has 2 aromatic rings. The first kappa shape index (κ1) is 23.7. The van der Waals surface area contributed by atoms with E-state index in [4.69, 9.17) is 4.74 Å². The summed E-state index contributed by atoms with van der Waals surface area (Å²) in [6.07, 6.45) is 1.61. The minimum absolute atomic E-state index is 0.00375. The number of carbonyl (C=O) groups is 2. The molecule has 2 aliphatic rings. The van der Waals surface area contributed by atoms with Crippen LogP contribution in [0.25, 0.3) is 0 Å². The summed E-state index contributed by atoms with van der Waals surface area (Å²) >= 11 is 0. The van der Waals surface area contributed by atoms with E-state index in [0.29, 0.717) is 25.4 Å². The summed E-state index contributed by atoms with van der Waals surface area (Å²) in [6.45, 7) is 4.72. The standard InChI is InChI=1S/C23H27N5O5S/c1-3-33-19-11-8-17(14-20(19)34(31,32)27-12-4-5-13-27)25-23(30)22-24-15-21(29)28(26-22)18-9-6-16(2)7-10-18/h6-11,14H,3-5,12-13,15H2,1-2H3,(H,24,26)(H,25,30). The number of nitrogens with zero attached hydrogens (tertiary/aromatic N) is 3. The van der Waals surface area contributed by atoms with Gasteiger partial charge in [-0.1, -0.05) is 17.7 Å². The third-order valence-electron chi connectivity index (χ3n) is 5.53. The Labute approximate surface area is 198 Å². The number of ether oxygens (including phenoxy) is 1. The molecule has 2 heterocycles. The minimum atomic E-state index is -3.77. The molecule has 2 amide bonds. The van der Waals surface area contributed by atoms with Gasteiger partial charge in [0.05, 0.1) is 12.3 Å². The summed E-state index contributed by atoms with van der Waals surface area (Å²) in [4.78, 5) is 29.3. The van der Waals surface area contributed by atoms with Gasteiger partial charge < -0.3 is 10.1 Å². The summed E-state index contributed by atoms with van der Waals surface area (Å²) in [5.41, 5.74) is 4.64. The van der Waals surface area contributed by atoms with Gasteiger partial charge in [0.15, 0.2) is 0 Å². The van der Waals surface area contributed by atoms with Crippen LogP contribution in [0.2, 0.25) is 0 Å². The molecule has 2 aliphatic heterocycles. The molecule has 0 bridgehead atoms. The van der Waals surface area contributed by atoms with Crippen molar-refractivity contribution in [2.75, 3.05) is 36.6 Å². The normalized spacial score (nSPS) is 16.7. The molecule has 0 spiro atoms. The van der Waals surface area contributed by atoms with Crippen LogP contribution in [0.4, 0.5) is 11.4 Å². The molecule has 10 nitrogen and oxygen atoms in total. The van der Waals surface area contributed by atoms with E-state index in [-0.39, 0.29) is 34.6 Å². The Bertz CT molecular complexity index is 1220. The molecule has 2 aromatic carbocycles. The van der Waals surface area contributed by atoms with Gasteiger partial charge in [0.2, 0.25) is 15.9 Å². The average molecular weight is 486 g/mol. The van der Waals surface area contributed by atoms with Crippen LogP contribution in [0.1, 0.15) is 25.3 Å². The average Bonchev–Trinajstić information content (AvgIpc) is 3.37. The molecule has 4 rings (SSSR count). The number of benzene rings is 2. The smallest absolute Gasteiger partial charge is 0.292 e. The number of amidine groups is 1. The van der Waals surface area contributed by atoms with Crippen LogP contribution < -0.4 is 20.5 Å². The lowest BCUT2D eigenvalue weighted by molar-refractivity contribution is -0.118. The zero-order chi connectivity index (χ0) is 24.3. The first-order valence-corrected chi connectivity index (χ1v) is 12.5. The van der Waals surface area contributed by atoms with Crippen LogP contribution >= 0.6 is 0 Å². The number of hydrogen-bond acceptors (Lipinski definition) is 7. The Morgan fingerprint density at radius 3 is 2.53 bits per heavy atom. The van der Waals surface area contributed by atoms with Crippen LogP contribution in [0.5, 0.6) is 5.75 Å². The van der Waals surface area contributed by atoms with Crippen LogP contribution in [0.15, 0.2) is 52.4 Å². The van der Waals surface area contributed by atoms with Crippen molar-refractivity contribution >= 4 is 39.0 Å². The number of rotatable bonds is 7. The fraction of sp³-hybridized carbons (Fsp3) is 0.348. The van der Waals surface area contributed by atoms with E-state index < -0.39 is 15.9 Å². The quantitative estimate of drug-likeness (QED) is 0.620. The van der Waals surface area contributed by atoms with Crippen molar-refractivity contribution in [2.45, 2.75) is 31.6 Å². The van der Waals surface area contributed by atoms with Crippen LogP contribution in [0, 0.1) is 6.92 Å². The van der Waals surface area contributed by atoms with Gasteiger partial charge in [-0.15, -0.1) is 0 Å². The number of carbonyl (C=O) groups excluding carboxylic acids is 2. The lowest BCUT2D eigenvalue weighted by Gasteiger charge is -2.27. The third kappa shape index (κ3) is 4.90. The summed E-state index contributed by atoms with van der Waals surface area (Å²) in [5, 5.41) is 3.94. The Morgan fingerprint density at radius 2 is 1.85 bits per heavy atom. The second-order valence-corrected chi connectivity index (χ2v) is 9.91. The molecule has 0 unspecified atom stereocenters. The van der Waals surface area contributed by atoms with Crippen molar-refractivity contribution in [3.8, 4) is 5.75 Å². The lowest BCUT2D eigenvalue weighted by atomic mass is 10.2. The van der Waals surface area contributed by atoms with E-state index in [1.807, 2.05) is 19.1 Å². The maximum absolute atomic E-state index is 13.2. The van der Waals surface area contributed by atoms with Crippen molar-refractivity contribution in [1.82, 2.24) is 9.73 Å². The van der Waals surface area contributed by atoms with Gasteiger partial charge >= 0.3 is 0 Å². The molecule has 0 atom stereocenters. The molecular weight excluding hydrogens is 458 g/mol. The number of sulfonamides is 1. The molecule has 180 valence electrons. The highest BCUT2D eigenvalue weighted by molar-refractivity contribution is 7.89. The van der Waals surface area contributed by atoms with Crippen LogP contribution in [0.3, 0.4) is 0 Å². The summed E-state index contributed by atoms with van der Waals surface area (Å²) in [7, 11) is -3.77. The number of anilines is 2. The lowest BCUT2D eigenvalue weighted by Crippen LogP contribution is -2.54. The number of nitrogens with one attached hydrogen (secondary N) is 2. The topological polar surface area (TPSA) is 120 Å². The number of aliphatic imine (C=N–C) groups is 1. The second kappa shape index (κ2) is 9.82. The molecule has 1 fully saturated rings. The van der Waals surface area contributed by atoms with Gasteiger partial charge in [0, 0.05) is 18.8 Å². The molecule has 0 aliphatic carbocycles. The van der Waals surface area contributed by atoms with Gasteiger partial charge in [0.1, 0.15) is 17.2 Å². The molecule has 34 heavy (non-hydrogen) atoms. The highest BCUT2D eigenvalue weighted by Gasteiger charge is 2.31. The Kier molecular flexibility index (Phi) is 6.85. The minimum Gasteiger partial charge on any atom is -0.492 e. The fourth-order valence-electron chi connectivity index (χ4n) is 3.77. The Hall–Kier alpha value is -3.44. The molecule has 11 heteroatoms. The van der Waals surface area contributed by atoms with Gasteiger partial charge in [-0.25, -0.2) is 13.4 Å². The number of hydrazine groups is 1. The maximum atomic E-state index is 13.2. The van der Waals surface area contributed by atoms with Crippen LogP contribution in [-0.2, 0) is 19.6 Å². The molecule has 0 aromatic heterocycles. The van der Waals surface area contributed by atoms with E-state index in [2.05, 4.69) is 15.7 Å². The molecular formula is C23H27N5O5S. The highest BCUT2D eigenvalue weighted by Crippen LogP contribution is 2.31. The van der Waals surface area contributed by atoms with E-state index in [9.17, 15) is 18.0 Å². The van der Waals surface area contributed by atoms with Crippen LogP contribution in [-0.4, -0.2) is 56.6 Å². The monoisotopic (exact) mass is 485 g/mol. The van der Waals surface area contributed by atoms with Gasteiger partial charge in [0.25, 0.3) is 11.8 Å². The first-order valence-electron chi connectivity index (χ1n) is 11.1. The van der Waals surface area contributed by atoms with E-state index in [1.54, 1.807) is 25.1 Å². The third-order valence-corrected chi connectivity index (χ3v) is 7.45. The van der Waals surface area contributed by atoms with Crippen molar-refractivity contribution in [3.05, 3.63) is 48.0 Å². The van der Waals surface area contributed by atoms with Crippen molar-refractivity contribution < 1.29 is 22.7 Å². The second-order valence-electron chi connectivity index (χ2n) is 8.00. The maximum Gasteiger partial charge on any atom is 0.292 e. The summed E-state index contributed by atoms with van der Waals surface area (Å²) in [5.74, 6) is -0.728. The number of amides is 2. The van der Waals surface area contributed by atoms with Crippen molar-refractivity contribution in [3.63, 3.8) is 0 Å². The summed E-state index contributed by atoms with van der Waals surface area (Å²) < 4.78 is 33.3. The van der Waals surface area contributed by atoms with Crippen molar-refractivity contribution in [1.29, 1.82) is 0 Å². The highest BCUT2D eigenvalue weighted by atomic mass is 32.2. The first-order chi connectivity index (χ1) is 16.3. The molecule has 0 radical (unpaired) electrons. The molecule has 1 saturated heterocycles. The SMILES string of the molecule is CCOc1ccc(NC(=O)C2=NCC(=O)N(c3ccc(C)cc3)N2)cc1S(=O)(=O)N1CCCC1. The van der Waals surface area contributed by atoms with Crippen molar-refractivity contribution in [2.24, 2.45) is 4.99 Å². The number of hydrogen-bond donors (Lipinski definition) is 2.